The first-order valence-corrected chi connectivity index (χ1v) is 12.9. The summed E-state index contributed by atoms with van der Waals surface area (Å²) in [5.74, 6) is 1.89. The van der Waals surface area contributed by atoms with Gasteiger partial charge in [0.2, 0.25) is 17.8 Å². The van der Waals surface area contributed by atoms with Crippen LogP contribution in [0.2, 0.25) is 0 Å². The summed E-state index contributed by atoms with van der Waals surface area (Å²) < 4.78 is 7.63. The molecule has 0 unspecified atom stereocenters. The maximum Gasteiger partial charge on any atom is 0.232 e. The van der Waals surface area contributed by atoms with E-state index in [0.717, 1.165) is 69.5 Å². The van der Waals surface area contributed by atoms with Crippen LogP contribution in [0.3, 0.4) is 0 Å². The third-order valence-electron chi connectivity index (χ3n) is 6.63. The summed E-state index contributed by atoms with van der Waals surface area (Å²) in [7, 11) is 0. The van der Waals surface area contributed by atoms with Gasteiger partial charge >= 0.3 is 0 Å². The van der Waals surface area contributed by atoms with E-state index in [9.17, 15) is 0 Å². The standard InChI is InChI=1S/C26H31N11O/c1-2-4-20(5-3-1)12-21-13-28-25(29-14-21)35-7-9-36(10-8-35)26-31-19-30-24(34-26)33-22-15-32-37(17-22)18-23-16-27-6-11-38-23/h1-5,13-15,17,19,23,27H,6-12,16,18H2,(H,30,31,33,34)/t23-/m0/s1. The highest BCUT2D eigenvalue weighted by Gasteiger charge is 2.21. The van der Waals surface area contributed by atoms with Gasteiger partial charge in [-0.3, -0.25) is 4.68 Å². The summed E-state index contributed by atoms with van der Waals surface area (Å²) >= 11 is 0. The molecule has 38 heavy (non-hydrogen) atoms. The van der Waals surface area contributed by atoms with Crippen molar-refractivity contribution < 1.29 is 4.74 Å². The molecule has 2 aliphatic rings. The summed E-state index contributed by atoms with van der Waals surface area (Å²) in [5, 5.41) is 11.0. The number of rotatable bonds is 8. The first-order valence-electron chi connectivity index (χ1n) is 12.9. The highest BCUT2D eigenvalue weighted by atomic mass is 16.5. The van der Waals surface area contributed by atoms with E-state index in [-0.39, 0.29) is 6.10 Å². The van der Waals surface area contributed by atoms with Crippen LogP contribution in [0.5, 0.6) is 0 Å². The van der Waals surface area contributed by atoms with Gasteiger partial charge in [-0.15, -0.1) is 0 Å². The number of anilines is 4. The van der Waals surface area contributed by atoms with Crippen LogP contribution in [0.4, 0.5) is 23.5 Å². The number of hydrogen-bond donors (Lipinski definition) is 2. The van der Waals surface area contributed by atoms with Gasteiger partial charge in [0, 0.05) is 64.3 Å². The molecule has 0 radical (unpaired) electrons. The lowest BCUT2D eigenvalue weighted by molar-refractivity contribution is 0.0161. The Balaban J connectivity index is 1.02. The molecule has 2 aliphatic heterocycles. The van der Waals surface area contributed by atoms with Crippen molar-refractivity contribution in [2.45, 2.75) is 19.1 Å². The Kier molecular flexibility index (Phi) is 7.31. The molecule has 0 aliphatic carbocycles. The predicted molar refractivity (Wildman–Crippen MR) is 144 cm³/mol. The number of nitrogens with one attached hydrogen (secondary N) is 2. The average molecular weight is 514 g/mol. The van der Waals surface area contributed by atoms with E-state index >= 15 is 0 Å². The van der Waals surface area contributed by atoms with Crippen LogP contribution in [0.1, 0.15) is 11.1 Å². The van der Waals surface area contributed by atoms with Crippen LogP contribution < -0.4 is 20.4 Å². The topological polar surface area (TPSA) is 122 Å². The Morgan fingerprint density at radius 2 is 1.68 bits per heavy atom. The lowest BCUT2D eigenvalue weighted by atomic mass is 10.1. The molecule has 196 valence electrons. The van der Waals surface area contributed by atoms with E-state index in [1.165, 1.54) is 11.9 Å². The van der Waals surface area contributed by atoms with Gasteiger partial charge in [0.25, 0.3) is 0 Å². The molecular formula is C26H31N11O. The van der Waals surface area contributed by atoms with E-state index in [4.69, 9.17) is 4.74 Å². The van der Waals surface area contributed by atoms with Crippen LogP contribution in [-0.2, 0) is 17.7 Å². The van der Waals surface area contributed by atoms with Crippen molar-refractivity contribution in [3.63, 3.8) is 0 Å². The lowest BCUT2D eigenvalue weighted by Gasteiger charge is -2.34. The van der Waals surface area contributed by atoms with Crippen LogP contribution >= 0.6 is 0 Å². The maximum absolute atomic E-state index is 5.76. The summed E-state index contributed by atoms with van der Waals surface area (Å²) in [6.07, 6.45) is 10.0. The monoisotopic (exact) mass is 513 g/mol. The lowest BCUT2D eigenvalue weighted by Crippen LogP contribution is -2.47. The second-order valence-corrected chi connectivity index (χ2v) is 9.41. The molecule has 0 bridgehead atoms. The van der Waals surface area contributed by atoms with Crippen molar-refractivity contribution in [1.82, 2.24) is 40.0 Å². The van der Waals surface area contributed by atoms with Crippen molar-refractivity contribution in [1.29, 1.82) is 0 Å². The minimum atomic E-state index is 0.122. The molecule has 0 saturated carbocycles. The molecule has 12 nitrogen and oxygen atoms in total. The average Bonchev–Trinajstić information content (AvgIpc) is 3.41. The fraction of sp³-hybridized carbons (Fsp3) is 0.385. The summed E-state index contributed by atoms with van der Waals surface area (Å²) in [6, 6.07) is 10.4. The number of benzene rings is 1. The molecule has 0 spiro atoms. The zero-order valence-corrected chi connectivity index (χ0v) is 21.1. The minimum absolute atomic E-state index is 0.122. The molecule has 2 saturated heterocycles. The number of hydrogen-bond acceptors (Lipinski definition) is 11. The van der Waals surface area contributed by atoms with E-state index in [2.05, 4.69) is 74.7 Å². The van der Waals surface area contributed by atoms with E-state index < -0.39 is 0 Å². The second kappa shape index (κ2) is 11.5. The summed E-state index contributed by atoms with van der Waals surface area (Å²) in [5.41, 5.74) is 3.18. The zero-order valence-electron chi connectivity index (χ0n) is 21.1. The normalized spacial score (nSPS) is 17.9. The maximum atomic E-state index is 5.76. The van der Waals surface area contributed by atoms with Crippen molar-refractivity contribution in [3.8, 4) is 0 Å². The predicted octanol–water partition coefficient (Wildman–Crippen LogP) is 1.51. The number of morpholine rings is 1. The second-order valence-electron chi connectivity index (χ2n) is 9.41. The largest absolute Gasteiger partial charge is 0.374 e. The molecule has 4 aromatic rings. The van der Waals surface area contributed by atoms with Gasteiger partial charge in [0.1, 0.15) is 6.33 Å². The molecule has 2 fully saturated rings. The van der Waals surface area contributed by atoms with Crippen LogP contribution in [-0.4, -0.2) is 86.7 Å². The molecule has 5 heterocycles. The highest BCUT2D eigenvalue weighted by Crippen LogP contribution is 2.18. The van der Waals surface area contributed by atoms with Gasteiger partial charge < -0.3 is 25.2 Å². The Labute approximate surface area is 221 Å². The first-order chi connectivity index (χ1) is 18.8. The molecular weight excluding hydrogens is 482 g/mol. The van der Waals surface area contributed by atoms with E-state index in [0.29, 0.717) is 18.4 Å². The number of piperazine rings is 1. The van der Waals surface area contributed by atoms with Gasteiger partial charge in [0.05, 0.1) is 31.1 Å². The quantitative estimate of drug-likeness (QED) is 0.356. The Bertz CT molecular complexity index is 1300. The van der Waals surface area contributed by atoms with Gasteiger partial charge in [-0.1, -0.05) is 30.3 Å². The SMILES string of the molecule is c1ccc(Cc2cnc(N3CCN(c4ncnc(Nc5cnn(C[C@@H]6CNCCO6)c5)n4)CC3)nc2)cc1. The molecule has 1 aromatic carbocycles. The van der Waals surface area contributed by atoms with Gasteiger partial charge in [-0.05, 0) is 11.1 Å². The molecule has 6 rings (SSSR count). The van der Waals surface area contributed by atoms with Crippen LogP contribution in [0.15, 0.2) is 61.4 Å². The van der Waals surface area contributed by atoms with Crippen molar-refractivity contribution in [2.24, 2.45) is 0 Å². The van der Waals surface area contributed by atoms with Gasteiger partial charge in [-0.25, -0.2) is 19.9 Å². The molecule has 0 amide bonds. The zero-order chi connectivity index (χ0) is 25.6. The number of ether oxygens (including phenoxy) is 1. The van der Waals surface area contributed by atoms with Crippen molar-refractivity contribution in [2.75, 3.05) is 61.0 Å². The fourth-order valence-corrected chi connectivity index (χ4v) is 4.64. The Hall–Kier alpha value is -4.16. The van der Waals surface area contributed by atoms with Crippen LogP contribution in [0.25, 0.3) is 0 Å². The third-order valence-corrected chi connectivity index (χ3v) is 6.63. The Morgan fingerprint density at radius 1 is 0.895 bits per heavy atom. The van der Waals surface area contributed by atoms with Crippen molar-refractivity contribution >= 4 is 23.5 Å². The third kappa shape index (κ3) is 6.03. The Morgan fingerprint density at radius 3 is 2.45 bits per heavy atom. The fourth-order valence-electron chi connectivity index (χ4n) is 4.64. The van der Waals surface area contributed by atoms with E-state index in [1.807, 2.05) is 29.3 Å². The molecule has 2 N–H and O–H groups in total. The van der Waals surface area contributed by atoms with Gasteiger partial charge in [-0.2, -0.15) is 10.1 Å². The van der Waals surface area contributed by atoms with Crippen LogP contribution in [0, 0.1) is 0 Å². The van der Waals surface area contributed by atoms with Gasteiger partial charge in [0.15, 0.2) is 0 Å². The molecule has 12 heteroatoms. The number of aromatic nitrogens is 7. The summed E-state index contributed by atoms with van der Waals surface area (Å²) in [4.78, 5) is 26.9. The minimum Gasteiger partial charge on any atom is -0.374 e. The molecule has 3 aromatic heterocycles. The van der Waals surface area contributed by atoms with Crippen molar-refractivity contribution in [3.05, 3.63) is 72.6 Å². The smallest absolute Gasteiger partial charge is 0.232 e. The molecule has 1 atom stereocenters. The number of nitrogens with zero attached hydrogens (tertiary/aromatic N) is 9. The first kappa shape index (κ1) is 24.2. The summed E-state index contributed by atoms with van der Waals surface area (Å²) in [6.45, 7) is 6.27. The van der Waals surface area contributed by atoms with E-state index in [1.54, 1.807) is 6.20 Å². The highest BCUT2D eigenvalue weighted by molar-refractivity contribution is 5.51.